The molecule has 0 atom stereocenters. The third-order valence-corrected chi connectivity index (χ3v) is 2.55. The molecule has 4 heteroatoms. The number of rotatable bonds is 3. The van der Waals surface area contributed by atoms with Gasteiger partial charge in [0.1, 0.15) is 11.5 Å². The number of para-hydroxylation sites is 1. The molecule has 0 fully saturated rings. The van der Waals surface area contributed by atoms with Crippen LogP contribution in [0.4, 0.5) is 0 Å². The van der Waals surface area contributed by atoms with Gasteiger partial charge in [0, 0.05) is 0 Å². The van der Waals surface area contributed by atoms with Crippen molar-refractivity contribution in [1.29, 1.82) is 5.26 Å². The molecule has 0 N–H and O–H groups in total. The smallest absolute Gasteiger partial charge is 0.220 e. The minimum atomic E-state index is -0.359. The van der Waals surface area contributed by atoms with Crippen LogP contribution in [-0.4, -0.2) is 5.12 Å². The Balaban J connectivity index is 2.34. The molecule has 0 saturated heterocycles. The van der Waals surface area contributed by atoms with E-state index in [-0.39, 0.29) is 5.12 Å². The predicted molar refractivity (Wildman–Crippen MR) is 71.0 cm³/mol. The minimum absolute atomic E-state index is 0.359. The first kappa shape index (κ1) is 12.2. The van der Waals surface area contributed by atoms with Gasteiger partial charge in [0.2, 0.25) is 5.12 Å². The first-order valence-electron chi connectivity index (χ1n) is 5.21. The molecule has 2 rings (SSSR count). The lowest BCUT2D eigenvalue weighted by atomic mass is 10.2. The number of hydrogen-bond acceptors (Lipinski definition) is 3. The molecule has 0 aliphatic rings. The molecular formula is C14H9NO2S. The van der Waals surface area contributed by atoms with Gasteiger partial charge >= 0.3 is 0 Å². The fourth-order valence-corrected chi connectivity index (χ4v) is 1.67. The van der Waals surface area contributed by atoms with Gasteiger partial charge in [0.05, 0.1) is 17.2 Å². The third-order valence-electron chi connectivity index (χ3n) is 2.31. The van der Waals surface area contributed by atoms with E-state index in [1.165, 1.54) is 0 Å². The Kier molecular flexibility index (Phi) is 3.66. The normalized spacial score (nSPS) is 9.56. The number of ether oxygens (including phenoxy) is 1. The summed E-state index contributed by atoms with van der Waals surface area (Å²) in [7, 11) is 0. The monoisotopic (exact) mass is 255 g/mol. The van der Waals surface area contributed by atoms with Crippen molar-refractivity contribution in [2.75, 3.05) is 0 Å². The predicted octanol–water partition coefficient (Wildman–Crippen LogP) is 3.42. The lowest BCUT2D eigenvalue weighted by Gasteiger charge is -2.08. The van der Waals surface area contributed by atoms with Crippen LogP contribution in [0.2, 0.25) is 0 Å². The summed E-state index contributed by atoms with van der Waals surface area (Å²) < 4.78 is 5.59. The fraction of sp³-hybridized carbons (Fsp3) is 0. The van der Waals surface area contributed by atoms with Crippen LogP contribution in [0.15, 0.2) is 48.5 Å². The average molecular weight is 255 g/mol. The third kappa shape index (κ3) is 2.70. The van der Waals surface area contributed by atoms with Crippen molar-refractivity contribution in [2.24, 2.45) is 0 Å². The Morgan fingerprint density at radius 1 is 1.17 bits per heavy atom. The molecule has 0 saturated carbocycles. The van der Waals surface area contributed by atoms with Gasteiger partial charge < -0.3 is 4.74 Å². The number of carbonyl (C=O) groups excluding carboxylic acids is 1. The summed E-state index contributed by atoms with van der Waals surface area (Å²) in [5.74, 6) is 0.934. The van der Waals surface area contributed by atoms with Crippen molar-refractivity contribution in [3.63, 3.8) is 0 Å². The molecule has 0 unspecified atom stereocenters. The Morgan fingerprint density at radius 2 is 1.94 bits per heavy atom. The summed E-state index contributed by atoms with van der Waals surface area (Å²) in [6.07, 6.45) is 0. The zero-order chi connectivity index (χ0) is 13.0. The molecule has 0 amide bonds. The van der Waals surface area contributed by atoms with Gasteiger partial charge in [-0.15, -0.1) is 12.6 Å². The van der Waals surface area contributed by atoms with Crippen molar-refractivity contribution in [3.8, 4) is 17.6 Å². The van der Waals surface area contributed by atoms with Crippen molar-refractivity contribution in [3.05, 3.63) is 59.7 Å². The number of hydrogen-bond donors (Lipinski definition) is 1. The first-order chi connectivity index (χ1) is 8.70. The second-order valence-electron chi connectivity index (χ2n) is 3.54. The SMILES string of the molecule is N#Cc1cccc(Oc2ccccc2C(=O)S)c1. The highest BCUT2D eigenvalue weighted by molar-refractivity contribution is 7.97. The molecule has 0 aliphatic heterocycles. The Hall–Kier alpha value is -2.25. The van der Waals surface area contributed by atoms with E-state index in [2.05, 4.69) is 12.6 Å². The quantitative estimate of drug-likeness (QED) is 0.855. The van der Waals surface area contributed by atoms with Crippen molar-refractivity contribution >= 4 is 17.7 Å². The maximum atomic E-state index is 11.3. The molecule has 88 valence electrons. The van der Waals surface area contributed by atoms with Gasteiger partial charge in [0.25, 0.3) is 0 Å². The van der Waals surface area contributed by atoms with Crippen LogP contribution in [0, 0.1) is 11.3 Å². The van der Waals surface area contributed by atoms with E-state index in [0.29, 0.717) is 22.6 Å². The van der Waals surface area contributed by atoms with E-state index in [4.69, 9.17) is 10.00 Å². The zero-order valence-electron chi connectivity index (χ0n) is 9.33. The molecule has 0 aliphatic carbocycles. The van der Waals surface area contributed by atoms with Crippen LogP contribution in [0.25, 0.3) is 0 Å². The summed E-state index contributed by atoms with van der Waals surface area (Å²) in [6.45, 7) is 0. The van der Waals surface area contributed by atoms with E-state index in [0.717, 1.165) is 0 Å². The highest BCUT2D eigenvalue weighted by Crippen LogP contribution is 2.26. The summed E-state index contributed by atoms with van der Waals surface area (Å²) in [5.41, 5.74) is 0.894. The second kappa shape index (κ2) is 5.39. The molecule has 0 radical (unpaired) electrons. The van der Waals surface area contributed by atoms with Crippen LogP contribution >= 0.6 is 12.6 Å². The van der Waals surface area contributed by atoms with Crippen molar-refractivity contribution < 1.29 is 9.53 Å². The summed E-state index contributed by atoms with van der Waals surface area (Å²) in [6, 6.07) is 15.6. The summed E-state index contributed by atoms with van der Waals surface area (Å²) in [5, 5.41) is 8.44. The van der Waals surface area contributed by atoms with E-state index in [9.17, 15) is 4.79 Å². The number of carbonyl (C=O) groups is 1. The summed E-state index contributed by atoms with van der Waals surface area (Å²) >= 11 is 3.79. The van der Waals surface area contributed by atoms with E-state index >= 15 is 0 Å². The highest BCUT2D eigenvalue weighted by Gasteiger charge is 2.09. The number of nitrogens with zero attached hydrogens (tertiary/aromatic N) is 1. The van der Waals surface area contributed by atoms with Crippen LogP contribution in [0.1, 0.15) is 15.9 Å². The van der Waals surface area contributed by atoms with Crippen LogP contribution < -0.4 is 4.74 Å². The van der Waals surface area contributed by atoms with E-state index < -0.39 is 0 Å². The van der Waals surface area contributed by atoms with Crippen LogP contribution in [0.3, 0.4) is 0 Å². The van der Waals surface area contributed by atoms with E-state index in [1.807, 2.05) is 6.07 Å². The molecule has 18 heavy (non-hydrogen) atoms. The van der Waals surface area contributed by atoms with E-state index in [1.54, 1.807) is 48.5 Å². The molecule has 0 aromatic heterocycles. The largest absolute Gasteiger partial charge is 0.457 e. The molecule has 2 aromatic carbocycles. The van der Waals surface area contributed by atoms with Crippen LogP contribution in [-0.2, 0) is 0 Å². The minimum Gasteiger partial charge on any atom is -0.457 e. The fourth-order valence-electron chi connectivity index (χ4n) is 1.49. The molecule has 0 bridgehead atoms. The molecule has 2 aromatic rings. The van der Waals surface area contributed by atoms with Gasteiger partial charge in [-0.1, -0.05) is 18.2 Å². The van der Waals surface area contributed by atoms with Crippen molar-refractivity contribution in [1.82, 2.24) is 0 Å². The number of benzene rings is 2. The summed E-state index contributed by atoms with van der Waals surface area (Å²) in [4.78, 5) is 11.3. The molecule has 0 spiro atoms. The number of thiol groups is 1. The average Bonchev–Trinajstić information content (AvgIpc) is 2.39. The van der Waals surface area contributed by atoms with Gasteiger partial charge in [-0.3, -0.25) is 4.79 Å². The van der Waals surface area contributed by atoms with Gasteiger partial charge in [0.15, 0.2) is 0 Å². The Labute approximate surface area is 110 Å². The molecular weight excluding hydrogens is 246 g/mol. The Morgan fingerprint density at radius 3 is 2.67 bits per heavy atom. The maximum Gasteiger partial charge on any atom is 0.220 e. The standard InChI is InChI=1S/C14H9NO2S/c15-9-10-4-3-5-11(8-10)17-13-7-2-1-6-12(13)14(16)18/h1-8H,(H,16,18). The topological polar surface area (TPSA) is 50.1 Å². The van der Waals surface area contributed by atoms with Gasteiger partial charge in [-0.25, -0.2) is 0 Å². The Bertz CT molecular complexity index is 632. The first-order valence-corrected chi connectivity index (χ1v) is 5.66. The highest BCUT2D eigenvalue weighted by atomic mass is 32.1. The van der Waals surface area contributed by atoms with Gasteiger partial charge in [-0.05, 0) is 30.3 Å². The molecule has 0 heterocycles. The van der Waals surface area contributed by atoms with Crippen molar-refractivity contribution in [2.45, 2.75) is 0 Å². The van der Waals surface area contributed by atoms with Gasteiger partial charge in [-0.2, -0.15) is 5.26 Å². The molecule has 3 nitrogen and oxygen atoms in total. The second-order valence-corrected chi connectivity index (χ2v) is 3.95. The lowest BCUT2D eigenvalue weighted by Crippen LogP contribution is -1.94. The number of nitriles is 1. The zero-order valence-corrected chi connectivity index (χ0v) is 10.2. The van der Waals surface area contributed by atoms with Crippen LogP contribution in [0.5, 0.6) is 11.5 Å². The maximum absolute atomic E-state index is 11.3. The lowest BCUT2D eigenvalue weighted by molar-refractivity contribution is 0.108.